The fourth-order valence-electron chi connectivity index (χ4n) is 3.80. The van der Waals surface area contributed by atoms with E-state index in [9.17, 15) is 4.79 Å². The molecule has 4 heterocycles. The molecule has 1 saturated carbocycles. The third-order valence-corrected chi connectivity index (χ3v) is 5.30. The van der Waals surface area contributed by atoms with Gasteiger partial charge in [0, 0.05) is 30.9 Å². The van der Waals surface area contributed by atoms with Crippen LogP contribution in [0, 0.1) is 5.92 Å². The molecule has 0 N–H and O–H groups in total. The summed E-state index contributed by atoms with van der Waals surface area (Å²) in [6.45, 7) is 5.65. The van der Waals surface area contributed by atoms with Crippen molar-refractivity contribution in [1.29, 1.82) is 0 Å². The van der Waals surface area contributed by atoms with Crippen LogP contribution in [-0.4, -0.2) is 46.7 Å². The molecule has 0 unspecified atom stereocenters. The van der Waals surface area contributed by atoms with Gasteiger partial charge >= 0.3 is 0 Å². The fourth-order valence-corrected chi connectivity index (χ4v) is 3.80. The molecule has 8 heteroatoms. The van der Waals surface area contributed by atoms with Crippen LogP contribution in [0.1, 0.15) is 67.2 Å². The first-order valence-electron chi connectivity index (χ1n) is 9.66. The molecule has 2 aliphatic rings. The summed E-state index contributed by atoms with van der Waals surface area (Å²) in [6.07, 6.45) is 6.72. The minimum Gasteiger partial charge on any atom is -0.325 e. The van der Waals surface area contributed by atoms with E-state index in [-0.39, 0.29) is 11.9 Å². The molecule has 140 valence electrons. The van der Waals surface area contributed by atoms with Crippen molar-refractivity contribution >= 4 is 11.6 Å². The standard InChI is InChI=1S/C19H23N7O/c1-12(2)10-15-18-21-17(13-4-5-13)23-26(18)9-8-24(15)19(27)14-11-16-20-6-3-7-25(16)22-14/h3,6-7,11-13,15H,4-5,8-10H2,1-2H3/t15-/m0/s1. The van der Waals surface area contributed by atoms with Crippen molar-refractivity contribution in [1.82, 2.24) is 34.3 Å². The maximum absolute atomic E-state index is 13.3. The van der Waals surface area contributed by atoms with Crippen LogP contribution in [-0.2, 0) is 6.54 Å². The summed E-state index contributed by atoms with van der Waals surface area (Å²) >= 11 is 0. The van der Waals surface area contributed by atoms with Gasteiger partial charge in [0.15, 0.2) is 17.2 Å². The molecular weight excluding hydrogens is 342 g/mol. The number of rotatable bonds is 4. The van der Waals surface area contributed by atoms with Crippen molar-refractivity contribution in [2.75, 3.05) is 6.54 Å². The highest BCUT2D eigenvalue weighted by Crippen LogP contribution is 2.40. The van der Waals surface area contributed by atoms with Gasteiger partial charge < -0.3 is 4.90 Å². The Hall–Kier alpha value is -2.77. The Kier molecular flexibility index (Phi) is 3.73. The highest BCUT2D eigenvalue weighted by Gasteiger charge is 2.37. The van der Waals surface area contributed by atoms with E-state index in [2.05, 4.69) is 23.9 Å². The molecule has 0 bridgehead atoms. The molecule has 5 rings (SSSR count). The molecule has 0 radical (unpaired) electrons. The van der Waals surface area contributed by atoms with Crippen LogP contribution in [0.5, 0.6) is 0 Å². The first-order chi connectivity index (χ1) is 13.1. The molecule has 3 aromatic rings. The Morgan fingerprint density at radius 2 is 2.11 bits per heavy atom. The van der Waals surface area contributed by atoms with Gasteiger partial charge in [0.1, 0.15) is 5.82 Å². The van der Waals surface area contributed by atoms with Crippen molar-refractivity contribution < 1.29 is 4.79 Å². The number of aromatic nitrogens is 6. The molecule has 0 aromatic carbocycles. The highest BCUT2D eigenvalue weighted by atomic mass is 16.2. The zero-order chi connectivity index (χ0) is 18.5. The minimum atomic E-state index is -0.0657. The van der Waals surface area contributed by atoms with Gasteiger partial charge in [-0.25, -0.2) is 19.2 Å². The normalized spacial score (nSPS) is 19.7. The lowest BCUT2D eigenvalue weighted by molar-refractivity contribution is 0.0572. The average molecular weight is 365 g/mol. The summed E-state index contributed by atoms with van der Waals surface area (Å²) < 4.78 is 3.65. The molecular formula is C19H23N7O. The maximum Gasteiger partial charge on any atom is 0.275 e. The van der Waals surface area contributed by atoms with Gasteiger partial charge in [0.05, 0.1) is 12.6 Å². The van der Waals surface area contributed by atoms with E-state index >= 15 is 0 Å². The van der Waals surface area contributed by atoms with E-state index < -0.39 is 0 Å². The Morgan fingerprint density at radius 3 is 2.85 bits per heavy atom. The van der Waals surface area contributed by atoms with E-state index in [1.54, 1.807) is 29.0 Å². The average Bonchev–Trinajstić information content (AvgIpc) is 3.26. The molecule has 3 aromatic heterocycles. The highest BCUT2D eigenvalue weighted by molar-refractivity contribution is 5.93. The van der Waals surface area contributed by atoms with Gasteiger partial charge in [-0.1, -0.05) is 13.8 Å². The fraction of sp³-hybridized carbons (Fsp3) is 0.526. The Bertz CT molecular complexity index is 968. The lowest BCUT2D eigenvalue weighted by atomic mass is 10.00. The van der Waals surface area contributed by atoms with Gasteiger partial charge in [-0.2, -0.15) is 10.2 Å². The number of amides is 1. The summed E-state index contributed by atoms with van der Waals surface area (Å²) in [6, 6.07) is 3.49. The van der Waals surface area contributed by atoms with Crippen LogP contribution in [0.15, 0.2) is 24.5 Å². The van der Waals surface area contributed by atoms with Crippen LogP contribution in [0.4, 0.5) is 0 Å². The zero-order valence-corrected chi connectivity index (χ0v) is 15.6. The molecule has 1 atom stereocenters. The lowest BCUT2D eigenvalue weighted by Gasteiger charge is -2.35. The second-order valence-electron chi connectivity index (χ2n) is 7.92. The molecule has 1 fully saturated rings. The van der Waals surface area contributed by atoms with Gasteiger partial charge in [0.25, 0.3) is 5.91 Å². The van der Waals surface area contributed by atoms with Crippen LogP contribution in [0.2, 0.25) is 0 Å². The van der Waals surface area contributed by atoms with Crippen molar-refractivity contribution in [2.45, 2.75) is 51.6 Å². The van der Waals surface area contributed by atoms with E-state index in [0.29, 0.717) is 36.3 Å². The smallest absolute Gasteiger partial charge is 0.275 e. The summed E-state index contributed by atoms with van der Waals surface area (Å²) in [5, 5.41) is 9.13. The lowest BCUT2D eigenvalue weighted by Crippen LogP contribution is -2.43. The SMILES string of the molecule is CC(C)C[C@H]1c2nc(C3CC3)nn2CCN1C(=O)c1cc2ncccn2n1. The number of hydrogen-bond donors (Lipinski definition) is 0. The first-order valence-corrected chi connectivity index (χ1v) is 9.66. The predicted octanol–water partition coefficient (Wildman–Crippen LogP) is 2.44. The van der Waals surface area contributed by atoms with E-state index in [1.165, 1.54) is 12.8 Å². The van der Waals surface area contributed by atoms with Gasteiger partial charge in [0.2, 0.25) is 0 Å². The van der Waals surface area contributed by atoms with Crippen LogP contribution in [0.3, 0.4) is 0 Å². The van der Waals surface area contributed by atoms with Gasteiger partial charge in [-0.05, 0) is 31.2 Å². The first kappa shape index (κ1) is 16.4. The molecule has 0 saturated heterocycles. The van der Waals surface area contributed by atoms with E-state index in [4.69, 9.17) is 10.1 Å². The molecule has 1 aliphatic carbocycles. The monoisotopic (exact) mass is 365 g/mol. The predicted molar refractivity (Wildman–Crippen MR) is 98.2 cm³/mol. The second kappa shape index (κ2) is 6.14. The summed E-state index contributed by atoms with van der Waals surface area (Å²) in [4.78, 5) is 24.3. The molecule has 27 heavy (non-hydrogen) atoms. The Balaban J connectivity index is 1.50. The number of carbonyl (C=O) groups is 1. The van der Waals surface area contributed by atoms with Gasteiger partial charge in [-0.3, -0.25) is 4.79 Å². The quantitative estimate of drug-likeness (QED) is 0.709. The summed E-state index contributed by atoms with van der Waals surface area (Å²) in [5.74, 6) is 2.77. The molecule has 8 nitrogen and oxygen atoms in total. The molecule has 0 spiro atoms. The maximum atomic E-state index is 13.3. The van der Waals surface area contributed by atoms with Crippen molar-refractivity contribution in [3.8, 4) is 0 Å². The third kappa shape index (κ3) is 2.89. The van der Waals surface area contributed by atoms with Crippen molar-refractivity contribution in [2.24, 2.45) is 5.92 Å². The molecule has 1 aliphatic heterocycles. The number of carbonyl (C=O) groups excluding carboxylic acids is 1. The van der Waals surface area contributed by atoms with Crippen LogP contribution < -0.4 is 0 Å². The summed E-state index contributed by atoms with van der Waals surface area (Å²) in [5.41, 5.74) is 1.11. The van der Waals surface area contributed by atoms with Crippen LogP contribution in [0.25, 0.3) is 5.65 Å². The molecule has 1 amide bonds. The second-order valence-corrected chi connectivity index (χ2v) is 7.92. The topological polar surface area (TPSA) is 81.2 Å². The third-order valence-electron chi connectivity index (χ3n) is 5.30. The van der Waals surface area contributed by atoms with E-state index in [0.717, 1.165) is 18.1 Å². The van der Waals surface area contributed by atoms with Gasteiger partial charge in [-0.15, -0.1) is 0 Å². The van der Waals surface area contributed by atoms with Crippen molar-refractivity contribution in [3.05, 3.63) is 41.9 Å². The van der Waals surface area contributed by atoms with Crippen LogP contribution >= 0.6 is 0 Å². The zero-order valence-electron chi connectivity index (χ0n) is 15.6. The number of hydrogen-bond acceptors (Lipinski definition) is 5. The number of fused-ring (bicyclic) bond motifs is 2. The van der Waals surface area contributed by atoms with Crippen molar-refractivity contribution in [3.63, 3.8) is 0 Å². The van der Waals surface area contributed by atoms with E-state index in [1.807, 2.05) is 9.58 Å². The Labute approximate surface area is 157 Å². The largest absolute Gasteiger partial charge is 0.325 e. The number of nitrogens with zero attached hydrogens (tertiary/aromatic N) is 7. The Morgan fingerprint density at radius 1 is 1.26 bits per heavy atom. The minimum absolute atomic E-state index is 0.0617. The summed E-state index contributed by atoms with van der Waals surface area (Å²) in [7, 11) is 0.